The number of hydrogen-bond acceptors (Lipinski definition) is 0. The second kappa shape index (κ2) is 10.1. The first-order valence-electron chi connectivity index (χ1n) is 9.90. The van der Waals surface area contributed by atoms with E-state index in [0.717, 1.165) is 6.92 Å². The molecule has 16 heteroatoms. The van der Waals surface area contributed by atoms with E-state index in [1.807, 2.05) is 0 Å². The minimum absolute atomic E-state index is 0.0832. The van der Waals surface area contributed by atoms with Crippen LogP contribution in [0.4, 0.5) is 70.2 Å². The molecule has 0 amide bonds. The highest BCUT2D eigenvalue weighted by Gasteiger charge is 2.94. The largest absolute Gasteiger partial charge is 0.384 e. The van der Waals surface area contributed by atoms with E-state index in [2.05, 4.69) is 0 Å². The molecule has 0 fully saturated rings. The Balaban J connectivity index is 6.43. The Hall–Kier alpha value is -1.12. The lowest BCUT2D eigenvalue weighted by Crippen LogP contribution is -2.74. The molecule has 0 spiro atoms. The molecule has 34 heavy (non-hydrogen) atoms. The predicted molar refractivity (Wildman–Crippen MR) is 87.9 cm³/mol. The minimum atomic E-state index is -8.33. The fraction of sp³-hybridized carbons (Fsp3) is 1.00. The summed E-state index contributed by atoms with van der Waals surface area (Å²) in [6, 6.07) is 0. The second-order valence-electron chi connectivity index (χ2n) is 7.77. The number of halogens is 16. The first-order valence-corrected chi connectivity index (χ1v) is 9.90. The lowest BCUT2D eigenvalue weighted by molar-refractivity contribution is -0.453. The van der Waals surface area contributed by atoms with E-state index in [9.17, 15) is 70.2 Å². The highest BCUT2D eigenvalue weighted by atomic mass is 19.4. The molecule has 0 atom stereocenters. The maximum atomic E-state index is 13.7. The molecule has 0 saturated carbocycles. The van der Waals surface area contributed by atoms with E-state index in [4.69, 9.17) is 0 Å². The molecular formula is C18H22F16. The molecule has 0 nitrogen and oxygen atoms in total. The molecule has 0 N–H and O–H groups in total. The highest BCUT2D eigenvalue weighted by molar-refractivity contribution is 5.15. The van der Waals surface area contributed by atoms with Crippen molar-refractivity contribution < 1.29 is 70.2 Å². The first-order chi connectivity index (χ1) is 14.9. The van der Waals surface area contributed by atoms with Crippen LogP contribution in [0.2, 0.25) is 0 Å². The van der Waals surface area contributed by atoms with Crippen molar-refractivity contribution in [2.45, 2.75) is 113 Å². The van der Waals surface area contributed by atoms with Crippen LogP contribution in [0, 0.1) is 0 Å². The first kappa shape index (κ1) is 32.9. The summed E-state index contributed by atoms with van der Waals surface area (Å²) in [6.45, 7) is 2.53. The summed E-state index contributed by atoms with van der Waals surface area (Å²) in [5.41, 5.74) is 0. The van der Waals surface area contributed by atoms with Crippen LogP contribution in [0.15, 0.2) is 0 Å². The summed E-state index contributed by atoms with van der Waals surface area (Å²) < 4.78 is 219. The Morgan fingerprint density at radius 3 is 0.882 bits per heavy atom. The van der Waals surface area contributed by atoms with Gasteiger partial charge in [0.25, 0.3) is 0 Å². The number of hydrogen-bond donors (Lipinski definition) is 0. The van der Waals surface area contributed by atoms with Gasteiger partial charge in [0.15, 0.2) is 0 Å². The van der Waals surface area contributed by atoms with Crippen LogP contribution in [0.5, 0.6) is 0 Å². The Morgan fingerprint density at radius 1 is 0.324 bits per heavy atom. The lowest BCUT2D eigenvalue weighted by Gasteiger charge is -2.43. The molecule has 0 aliphatic heterocycles. The number of rotatable bonds is 15. The van der Waals surface area contributed by atoms with Crippen molar-refractivity contribution in [2.75, 3.05) is 0 Å². The molecule has 0 aliphatic carbocycles. The van der Waals surface area contributed by atoms with E-state index in [1.165, 1.54) is 6.92 Å². The van der Waals surface area contributed by atoms with Gasteiger partial charge >= 0.3 is 47.4 Å². The zero-order valence-corrected chi connectivity index (χ0v) is 17.7. The molecule has 0 aromatic rings. The zero-order chi connectivity index (χ0) is 27.7. The van der Waals surface area contributed by atoms with Gasteiger partial charge in [0.05, 0.1) is 0 Å². The number of alkyl halides is 16. The van der Waals surface area contributed by atoms with Gasteiger partial charge in [-0.3, -0.25) is 0 Å². The van der Waals surface area contributed by atoms with Gasteiger partial charge in [0, 0.05) is 12.8 Å². The van der Waals surface area contributed by atoms with Gasteiger partial charge in [0.1, 0.15) is 0 Å². The SMILES string of the molecule is CCCCCCC(F)(F)C(F)(F)C(F)(F)C(F)(F)C(F)(F)C(F)(F)C(F)(F)C(F)(F)CCCC. The smallest absolute Gasteiger partial charge is 0.200 e. The normalized spacial score (nSPS) is 15.7. The van der Waals surface area contributed by atoms with Gasteiger partial charge < -0.3 is 0 Å². The summed E-state index contributed by atoms with van der Waals surface area (Å²) >= 11 is 0. The van der Waals surface area contributed by atoms with Crippen LogP contribution in [0.3, 0.4) is 0 Å². The van der Waals surface area contributed by atoms with Gasteiger partial charge in [-0.2, -0.15) is 70.2 Å². The fourth-order valence-electron chi connectivity index (χ4n) is 2.73. The van der Waals surface area contributed by atoms with Gasteiger partial charge in [0.2, 0.25) is 0 Å². The van der Waals surface area contributed by atoms with Gasteiger partial charge in [-0.1, -0.05) is 39.5 Å². The van der Waals surface area contributed by atoms with Crippen LogP contribution in [0.1, 0.15) is 65.2 Å². The summed E-state index contributed by atoms with van der Waals surface area (Å²) in [5.74, 6) is -60.1. The third-order valence-electron chi connectivity index (χ3n) is 5.08. The molecule has 0 bridgehead atoms. The summed E-state index contributed by atoms with van der Waals surface area (Å²) in [7, 11) is 0. The third kappa shape index (κ3) is 5.05. The Morgan fingerprint density at radius 2 is 0.588 bits per heavy atom. The van der Waals surface area contributed by atoms with Gasteiger partial charge in [-0.15, -0.1) is 0 Å². The van der Waals surface area contributed by atoms with Crippen LogP contribution >= 0.6 is 0 Å². The molecule has 0 rings (SSSR count). The van der Waals surface area contributed by atoms with Crippen molar-refractivity contribution in [1.82, 2.24) is 0 Å². The summed E-state index contributed by atoms with van der Waals surface area (Å²) in [5, 5.41) is 0. The molecule has 0 heterocycles. The van der Waals surface area contributed by atoms with Gasteiger partial charge in [-0.25, -0.2) is 0 Å². The molecular weight excluding hydrogens is 520 g/mol. The topological polar surface area (TPSA) is 0 Å². The predicted octanol–water partition coefficient (Wildman–Crippen LogP) is 9.23. The average molecular weight is 542 g/mol. The van der Waals surface area contributed by atoms with E-state index in [-0.39, 0.29) is 12.8 Å². The zero-order valence-electron chi connectivity index (χ0n) is 17.7. The van der Waals surface area contributed by atoms with E-state index < -0.39 is 79.5 Å². The molecule has 0 unspecified atom stereocenters. The van der Waals surface area contributed by atoms with Crippen molar-refractivity contribution in [3.05, 3.63) is 0 Å². The van der Waals surface area contributed by atoms with Crippen LogP contribution in [-0.4, -0.2) is 47.4 Å². The monoisotopic (exact) mass is 542 g/mol. The Labute approximate surface area is 184 Å². The standard InChI is InChI=1S/C18H22F16/c1-3-5-7-8-10-12(21,22)14(25,26)16(29,30)18(33,34)17(31,32)15(27,28)13(23,24)11(19,20)9-6-4-2/h3-10H2,1-2H3. The van der Waals surface area contributed by atoms with Crippen molar-refractivity contribution in [1.29, 1.82) is 0 Å². The highest BCUT2D eigenvalue weighted by Crippen LogP contribution is 2.64. The third-order valence-corrected chi connectivity index (χ3v) is 5.08. The molecule has 0 aromatic heterocycles. The molecule has 0 radical (unpaired) electrons. The van der Waals surface area contributed by atoms with Crippen LogP contribution < -0.4 is 0 Å². The fourth-order valence-corrected chi connectivity index (χ4v) is 2.73. The summed E-state index contributed by atoms with van der Waals surface area (Å²) in [6.07, 6.45) is -6.98. The van der Waals surface area contributed by atoms with E-state index in [1.54, 1.807) is 0 Å². The van der Waals surface area contributed by atoms with Crippen LogP contribution in [-0.2, 0) is 0 Å². The maximum Gasteiger partial charge on any atom is 0.384 e. The van der Waals surface area contributed by atoms with Crippen LogP contribution in [0.25, 0.3) is 0 Å². The molecule has 0 saturated heterocycles. The van der Waals surface area contributed by atoms with Crippen molar-refractivity contribution in [3.8, 4) is 0 Å². The maximum absolute atomic E-state index is 13.7. The molecule has 0 aliphatic rings. The van der Waals surface area contributed by atoms with Crippen molar-refractivity contribution >= 4 is 0 Å². The number of unbranched alkanes of at least 4 members (excludes halogenated alkanes) is 4. The van der Waals surface area contributed by atoms with Crippen molar-refractivity contribution in [2.24, 2.45) is 0 Å². The van der Waals surface area contributed by atoms with E-state index in [0.29, 0.717) is 6.42 Å². The quantitative estimate of drug-likeness (QED) is 0.143. The second-order valence-corrected chi connectivity index (χ2v) is 7.77. The lowest BCUT2D eigenvalue weighted by atomic mass is 9.86. The Bertz CT molecular complexity index is 652. The van der Waals surface area contributed by atoms with E-state index >= 15 is 0 Å². The molecule has 0 aromatic carbocycles. The van der Waals surface area contributed by atoms with Gasteiger partial charge in [-0.05, 0) is 12.8 Å². The Kier molecular flexibility index (Phi) is 9.76. The minimum Gasteiger partial charge on any atom is -0.200 e. The van der Waals surface area contributed by atoms with Crippen molar-refractivity contribution in [3.63, 3.8) is 0 Å². The summed E-state index contributed by atoms with van der Waals surface area (Å²) in [4.78, 5) is 0. The molecule has 206 valence electrons. The average Bonchev–Trinajstić information content (AvgIpc) is 2.68.